The predicted octanol–water partition coefficient (Wildman–Crippen LogP) is 5.29. The molecule has 1 rings (SSSR count). The van der Waals surface area contributed by atoms with Crippen LogP contribution in [0.2, 0.25) is 0 Å². The zero-order valence-corrected chi connectivity index (χ0v) is 16.6. The molecule has 2 unspecified atom stereocenters. The molecule has 4 heteroatoms. The molecule has 0 aliphatic heterocycles. The first-order valence-corrected chi connectivity index (χ1v) is 10.4. The van der Waals surface area contributed by atoms with Crippen molar-refractivity contribution < 1.29 is 19.1 Å². The molecule has 0 bridgehead atoms. The molecule has 146 valence electrons. The average Bonchev–Trinajstić information content (AvgIpc) is 2.61. The average molecular weight is 355 g/mol. The summed E-state index contributed by atoms with van der Waals surface area (Å²) in [6.45, 7) is 7.25. The van der Waals surface area contributed by atoms with Crippen molar-refractivity contribution in [3.05, 3.63) is 0 Å². The lowest BCUT2D eigenvalue weighted by atomic mass is 9.81. The van der Waals surface area contributed by atoms with E-state index in [1.165, 1.54) is 32.1 Å². The lowest BCUT2D eigenvalue weighted by molar-refractivity contribution is -0.155. The molecule has 1 aliphatic carbocycles. The van der Waals surface area contributed by atoms with Crippen molar-refractivity contribution in [1.82, 2.24) is 0 Å². The highest BCUT2D eigenvalue weighted by Gasteiger charge is 2.32. The Morgan fingerprint density at radius 2 is 1.44 bits per heavy atom. The fourth-order valence-electron chi connectivity index (χ4n) is 3.33. The van der Waals surface area contributed by atoms with Gasteiger partial charge in [0.25, 0.3) is 0 Å². The summed E-state index contributed by atoms with van der Waals surface area (Å²) < 4.78 is 10.8. The van der Waals surface area contributed by atoms with E-state index in [4.69, 9.17) is 9.47 Å². The maximum atomic E-state index is 12.2. The highest BCUT2D eigenvalue weighted by Crippen LogP contribution is 2.31. The molecule has 25 heavy (non-hydrogen) atoms. The van der Waals surface area contributed by atoms with E-state index in [0.29, 0.717) is 25.6 Å². The monoisotopic (exact) mass is 354 g/mol. The quantitative estimate of drug-likeness (QED) is 0.353. The Morgan fingerprint density at radius 1 is 0.880 bits per heavy atom. The van der Waals surface area contributed by atoms with Gasteiger partial charge in [-0.25, -0.2) is 0 Å². The second-order valence-electron chi connectivity index (χ2n) is 7.87. The molecular formula is C21H38O4. The fourth-order valence-corrected chi connectivity index (χ4v) is 3.33. The maximum Gasteiger partial charge on any atom is 0.308 e. The van der Waals surface area contributed by atoms with Crippen LogP contribution in [-0.4, -0.2) is 25.2 Å². The van der Waals surface area contributed by atoms with E-state index in [1.807, 2.05) is 13.8 Å². The van der Waals surface area contributed by atoms with E-state index in [1.54, 1.807) is 0 Å². The molecular weight excluding hydrogens is 316 g/mol. The molecule has 0 radical (unpaired) electrons. The highest BCUT2D eigenvalue weighted by molar-refractivity contribution is 5.76. The Morgan fingerprint density at radius 3 is 2.04 bits per heavy atom. The van der Waals surface area contributed by atoms with Crippen LogP contribution in [0.1, 0.15) is 91.4 Å². The number of unbranched alkanes of at least 4 members (excludes halogenated alkanes) is 6. The van der Waals surface area contributed by atoms with Gasteiger partial charge in [0.1, 0.15) is 0 Å². The summed E-state index contributed by atoms with van der Waals surface area (Å²) in [5, 5.41) is 0. The number of rotatable bonds is 12. The first-order chi connectivity index (χ1) is 12.0. The number of hydrogen-bond acceptors (Lipinski definition) is 4. The minimum absolute atomic E-state index is 0.118. The second-order valence-corrected chi connectivity index (χ2v) is 7.87. The molecule has 0 heterocycles. The minimum atomic E-state index is -0.140. The minimum Gasteiger partial charge on any atom is -0.465 e. The Kier molecular flexibility index (Phi) is 11.6. The maximum absolute atomic E-state index is 12.2. The van der Waals surface area contributed by atoms with Crippen LogP contribution in [0.15, 0.2) is 0 Å². The largest absolute Gasteiger partial charge is 0.465 e. The zero-order valence-electron chi connectivity index (χ0n) is 16.6. The van der Waals surface area contributed by atoms with Crippen molar-refractivity contribution in [3.63, 3.8) is 0 Å². The van der Waals surface area contributed by atoms with E-state index in [9.17, 15) is 9.59 Å². The van der Waals surface area contributed by atoms with E-state index >= 15 is 0 Å². The molecule has 0 amide bonds. The van der Waals surface area contributed by atoms with Crippen LogP contribution in [0.5, 0.6) is 0 Å². The number of carbonyl (C=O) groups excluding carboxylic acids is 2. The molecule has 0 saturated heterocycles. The molecule has 0 spiro atoms. The highest BCUT2D eigenvalue weighted by atomic mass is 16.5. The van der Waals surface area contributed by atoms with Gasteiger partial charge in [0.15, 0.2) is 0 Å². The Balaban J connectivity index is 2.17. The summed E-state index contributed by atoms with van der Waals surface area (Å²) in [6, 6.07) is 0. The van der Waals surface area contributed by atoms with Gasteiger partial charge in [-0.15, -0.1) is 0 Å². The van der Waals surface area contributed by atoms with Crippen molar-refractivity contribution in [1.29, 1.82) is 0 Å². The third kappa shape index (κ3) is 9.86. The van der Waals surface area contributed by atoms with Gasteiger partial charge in [-0.3, -0.25) is 9.59 Å². The summed E-state index contributed by atoms with van der Waals surface area (Å²) in [6.07, 6.45) is 11.6. The Labute approximate surface area is 154 Å². The molecule has 1 aliphatic rings. The number of esters is 2. The van der Waals surface area contributed by atoms with Gasteiger partial charge >= 0.3 is 11.9 Å². The van der Waals surface area contributed by atoms with Crippen molar-refractivity contribution in [2.75, 3.05) is 13.2 Å². The first kappa shape index (κ1) is 22.0. The Hall–Kier alpha value is -1.06. The van der Waals surface area contributed by atoms with E-state index in [2.05, 4.69) is 6.92 Å². The van der Waals surface area contributed by atoms with Crippen LogP contribution in [0.3, 0.4) is 0 Å². The van der Waals surface area contributed by atoms with Crippen molar-refractivity contribution in [2.45, 2.75) is 91.4 Å². The lowest BCUT2D eigenvalue weighted by Crippen LogP contribution is -2.30. The second kappa shape index (κ2) is 13.2. The van der Waals surface area contributed by atoms with Gasteiger partial charge in [0.2, 0.25) is 0 Å². The van der Waals surface area contributed by atoms with Gasteiger partial charge < -0.3 is 9.47 Å². The summed E-state index contributed by atoms with van der Waals surface area (Å²) in [5.74, 6) is -0.181. The molecule has 4 nitrogen and oxygen atoms in total. The molecule has 0 aromatic heterocycles. The van der Waals surface area contributed by atoms with Gasteiger partial charge in [-0.1, -0.05) is 65.7 Å². The first-order valence-electron chi connectivity index (χ1n) is 10.4. The Bertz CT molecular complexity index is 378. The molecule has 1 saturated carbocycles. The third-order valence-electron chi connectivity index (χ3n) is 4.89. The van der Waals surface area contributed by atoms with Crippen molar-refractivity contribution >= 4 is 11.9 Å². The van der Waals surface area contributed by atoms with E-state index in [0.717, 1.165) is 32.1 Å². The molecule has 1 fully saturated rings. The SMILES string of the molecule is CCCCCCCCCOC(=O)C1CCCC(C(=O)OCC(C)C)C1. The molecule has 0 aromatic carbocycles. The van der Waals surface area contributed by atoms with Gasteiger partial charge in [-0.05, 0) is 31.6 Å². The van der Waals surface area contributed by atoms with Gasteiger partial charge in [0.05, 0.1) is 25.0 Å². The lowest BCUT2D eigenvalue weighted by Gasteiger charge is -2.26. The molecule has 0 aromatic rings. The van der Waals surface area contributed by atoms with Crippen LogP contribution < -0.4 is 0 Å². The normalized spacial score (nSPS) is 20.5. The van der Waals surface area contributed by atoms with Crippen LogP contribution in [0.25, 0.3) is 0 Å². The third-order valence-corrected chi connectivity index (χ3v) is 4.89. The van der Waals surface area contributed by atoms with Gasteiger partial charge in [0, 0.05) is 0 Å². The molecule has 0 N–H and O–H groups in total. The summed E-state index contributed by atoms with van der Waals surface area (Å²) in [4.78, 5) is 24.3. The number of ether oxygens (including phenoxy) is 2. The fraction of sp³-hybridized carbons (Fsp3) is 0.905. The van der Waals surface area contributed by atoms with Crippen molar-refractivity contribution in [2.24, 2.45) is 17.8 Å². The number of hydrogen-bond donors (Lipinski definition) is 0. The summed E-state index contributed by atoms with van der Waals surface area (Å²) >= 11 is 0. The molecule has 2 atom stereocenters. The van der Waals surface area contributed by atoms with E-state index in [-0.39, 0.29) is 23.8 Å². The van der Waals surface area contributed by atoms with Crippen LogP contribution in [-0.2, 0) is 19.1 Å². The van der Waals surface area contributed by atoms with Crippen LogP contribution in [0, 0.1) is 17.8 Å². The topological polar surface area (TPSA) is 52.6 Å². The van der Waals surface area contributed by atoms with Gasteiger partial charge in [-0.2, -0.15) is 0 Å². The summed E-state index contributed by atoms with van der Waals surface area (Å²) in [7, 11) is 0. The summed E-state index contributed by atoms with van der Waals surface area (Å²) in [5.41, 5.74) is 0. The van der Waals surface area contributed by atoms with Crippen LogP contribution in [0.4, 0.5) is 0 Å². The smallest absolute Gasteiger partial charge is 0.308 e. The van der Waals surface area contributed by atoms with Crippen LogP contribution >= 0.6 is 0 Å². The predicted molar refractivity (Wildman–Crippen MR) is 100 cm³/mol. The zero-order chi connectivity index (χ0) is 18.5. The standard InChI is InChI=1S/C21H38O4/c1-4-5-6-7-8-9-10-14-24-20(22)18-12-11-13-19(15-18)21(23)25-16-17(2)3/h17-19H,4-16H2,1-3H3. The number of carbonyl (C=O) groups is 2. The van der Waals surface area contributed by atoms with E-state index < -0.39 is 0 Å². The van der Waals surface area contributed by atoms with Crippen molar-refractivity contribution in [3.8, 4) is 0 Å².